The van der Waals surface area contributed by atoms with Gasteiger partial charge in [-0.2, -0.15) is 0 Å². The SMILES string of the molecule is Cc1cc(C)c(S(N)(=O)=O)cc1C(=O)NC[C@@](C)(Cc1ccccc1)[C@@H](C)O. The number of aryl methyl sites for hydroxylation is 2. The molecule has 7 heteroatoms. The molecule has 28 heavy (non-hydrogen) atoms. The van der Waals surface area contributed by atoms with Crippen LogP contribution in [-0.4, -0.2) is 32.1 Å². The minimum atomic E-state index is -3.92. The van der Waals surface area contributed by atoms with Gasteiger partial charge in [-0.1, -0.05) is 43.3 Å². The van der Waals surface area contributed by atoms with Gasteiger partial charge in [-0.3, -0.25) is 4.79 Å². The lowest BCUT2D eigenvalue weighted by Gasteiger charge is -2.33. The Morgan fingerprint density at radius 1 is 1.18 bits per heavy atom. The number of benzene rings is 2. The summed E-state index contributed by atoms with van der Waals surface area (Å²) in [6.45, 7) is 7.22. The fourth-order valence-electron chi connectivity index (χ4n) is 3.18. The zero-order valence-corrected chi connectivity index (χ0v) is 17.5. The Morgan fingerprint density at radius 3 is 2.32 bits per heavy atom. The number of hydrogen-bond acceptors (Lipinski definition) is 4. The van der Waals surface area contributed by atoms with Crippen LogP contribution in [0.25, 0.3) is 0 Å². The Morgan fingerprint density at radius 2 is 1.79 bits per heavy atom. The number of sulfonamides is 1. The second-order valence-corrected chi connectivity index (χ2v) is 9.18. The molecule has 0 aliphatic heterocycles. The number of nitrogens with one attached hydrogen (secondary N) is 1. The van der Waals surface area contributed by atoms with E-state index in [4.69, 9.17) is 5.14 Å². The van der Waals surface area contributed by atoms with Gasteiger partial charge < -0.3 is 10.4 Å². The van der Waals surface area contributed by atoms with Crippen molar-refractivity contribution in [3.63, 3.8) is 0 Å². The van der Waals surface area contributed by atoms with Crippen molar-refractivity contribution in [3.05, 3.63) is 64.7 Å². The number of carbonyl (C=O) groups excluding carboxylic acids is 1. The molecule has 0 saturated carbocycles. The van der Waals surface area contributed by atoms with E-state index in [0.717, 1.165) is 5.56 Å². The molecule has 2 atom stereocenters. The number of rotatable bonds is 7. The smallest absolute Gasteiger partial charge is 0.251 e. The monoisotopic (exact) mass is 404 g/mol. The van der Waals surface area contributed by atoms with Crippen LogP contribution in [0.3, 0.4) is 0 Å². The number of hydrogen-bond donors (Lipinski definition) is 3. The van der Waals surface area contributed by atoms with Gasteiger partial charge in [0.05, 0.1) is 11.0 Å². The zero-order chi connectivity index (χ0) is 21.1. The predicted octanol–water partition coefficient (Wildman–Crippen LogP) is 2.31. The Kier molecular flexibility index (Phi) is 6.64. The van der Waals surface area contributed by atoms with E-state index in [1.807, 2.05) is 37.3 Å². The topological polar surface area (TPSA) is 109 Å². The van der Waals surface area contributed by atoms with Gasteiger partial charge in [0, 0.05) is 17.5 Å². The molecule has 152 valence electrons. The summed E-state index contributed by atoms with van der Waals surface area (Å²) < 4.78 is 23.5. The number of aliphatic hydroxyl groups excluding tert-OH is 1. The maximum absolute atomic E-state index is 12.7. The highest BCUT2D eigenvalue weighted by molar-refractivity contribution is 7.89. The molecule has 0 aliphatic carbocycles. The van der Waals surface area contributed by atoms with Crippen molar-refractivity contribution < 1.29 is 18.3 Å². The Bertz CT molecular complexity index is 956. The molecule has 0 radical (unpaired) electrons. The first-order valence-electron chi connectivity index (χ1n) is 9.08. The molecule has 1 amide bonds. The lowest BCUT2D eigenvalue weighted by molar-refractivity contribution is 0.0500. The molecule has 4 N–H and O–H groups in total. The van der Waals surface area contributed by atoms with E-state index in [0.29, 0.717) is 17.5 Å². The molecule has 0 fully saturated rings. The molecule has 2 rings (SSSR count). The van der Waals surface area contributed by atoms with Crippen molar-refractivity contribution in [2.45, 2.75) is 45.1 Å². The molecular weight excluding hydrogens is 376 g/mol. The van der Waals surface area contributed by atoms with E-state index in [-0.39, 0.29) is 17.0 Å². The maximum Gasteiger partial charge on any atom is 0.251 e. The highest BCUT2D eigenvalue weighted by Gasteiger charge is 2.31. The fraction of sp³-hybridized carbons (Fsp3) is 0.381. The van der Waals surface area contributed by atoms with Crippen LogP contribution in [0.1, 0.15) is 40.9 Å². The van der Waals surface area contributed by atoms with Crippen LogP contribution in [-0.2, 0) is 16.4 Å². The third kappa shape index (κ3) is 5.19. The van der Waals surface area contributed by atoms with Gasteiger partial charge in [0.1, 0.15) is 0 Å². The highest BCUT2D eigenvalue weighted by atomic mass is 32.2. The van der Waals surface area contributed by atoms with E-state index in [9.17, 15) is 18.3 Å². The lowest BCUT2D eigenvalue weighted by Crippen LogP contribution is -2.44. The minimum Gasteiger partial charge on any atom is -0.393 e. The van der Waals surface area contributed by atoms with Crippen molar-refractivity contribution in [3.8, 4) is 0 Å². The van der Waals surface area contributed by atoms with Crippen LogP contribution in [0.4, 0.5) is 0 Å². The van der Waals surface area contributed by atoms with Crippen molar-refractivity contribution in [1.29, 1.82) is 0 Å². The van der Waals surface area contributed by atoms with Gasteiger partial charge in [0.2, 0.25) is 10.0 Å². The van der Waals surface area contributed by atoms with Gasteiger partial charge in [-0.25, -0.2) is 13.6 Å². The molecule has 0 unspecified atom stereocenters. The number of amides is 1. The third-order valence-electron chi connectivity index (χ3n) is 5.19. The molecule has 0 heterocycles. The summed E-state index contributed by atoms with van der Waals surface area (Å²) in [5.74, 6) is -0.401. The van der Waals surface area contributed by atoms with Crippen LogP contribution in [0.5, 0.6) is 0 Å². The van der Waals surface area contributed by atoms with E-state index >= 15 is 0 Å². The summed E-state index contributed by atoms with van der Waals surface area (Å²) >= 11 is 0. The predicted molar refractivity (Wildman–Crippen MR) is 110 cm³/mol. The van der Waals surface area contributed by atoms with Crippen LogP contribution in [0.15, 0.2) is 47.4 Å². The molecular formula is C21H28N2O4S. The average molecular weight is 405 g/mol. The first kappa shape index (κ1) is 22.1. The second-order valence-electron chi connectivity index (χ2n) is 7.65. The van der Waals surface area contributed by atoms with Gasteiger partial charge in [-0.15, -0.1) is 0 Å². The van der Waals surface area contributed by atoms with Gasteiger partial charge in [0.15, 0.2) is 0 Å². The first-order chi connectivity index (χ1) is 12.9. The van der Waals surface area contributed by atoms with Crippen LogP contribution in [0, 0.1) is 19.3 Å². The number of aliphatic hydroxyl groups is 1. The van der Waals surface area contributed by atoms with Crippen molar-refractivity contribution in [1.82, 2.24) is 5.32 Å². The van der Waals surface area contributed by atoms with Crippen molar-refractivity contribution >= 4 is 15.9 Å². The molecule has 2 aromatic rings. The molecule has 6 nitrogen and oxygen atoms in total. The molecule has 0 aliphatic rings. The standard InChI is InChI=1S/C21H28N2O4S/c1-14-10-15(2)19(28(22,26)27)11-18(14)20(25)23-13-21(4,16(3)24)12-17-8-6-5-7-9-17/h5-11,16,24H,12-13H2,1-4H3,(H,23,25)(H2,22,26,27)/t16-,21-/m1/s1. The van der Waals surface area contributed by atoms with Crippen LogP contribution >= 0.6 is 0 Å². The van der Waals surface area contributed by atoms with E-state index in [1.54, 1.807) is 26.8 Å². The maximum atomic E-state index is 12.7. The first-order valence-corrected chi connectivity index (χ1v) is 10.6. The summed E-state index contributed by atoms with van der Waals surface area (Å²) in [5, 5.41) is 18.4. The fourth-order valence-corrected chi connectivity index (χ4v) is 3.97. The van der Waals surface area contributed by atoms with Crippen LogP contribution in [0.2, 0.25) is 0 Å². The molecule has 0 saturated heterocycles. The van der Waals surface area contributed by atoms with E-state index in [1.165, 1.54) is 6.07 Å². The Hall–Kier alpha value is -2.22. The van der Waals surface area contributed by atoms with Gasteiger partial charge in [-0.05, 0) is 49.9 Å². The molecule has 0 spiro atoms. The minimum absolute atomic E-state index is 0.0641. The Labute approximate surface area is 166 Å². The Balaban J connectivity index is 2.24. The molecule has 0 bridgehead atoms. The normalized spacial score (nSPS) is 14.9. The average Bonchev–Trinajstić information content (AvgIpc) is 2.59. The quantitative estimate of drug-likeness (QED) is 0.658. The van der Waals surface area contributed by atoms with Gasteiger partial charge >= 0.3 is 0 Å². The second kappa shape index (κ2) is 8.43. The highest BCUT2D eigenvalue weighted by Crippen LogP contribution is 2.27. The molecule has 2 aromatic carbocycles. The summed E-state index contributed by atoms with van der Waals surface area (Å²) in [7, 11) is -3.92. The zero-order valence-electron chi connectivity index (χ0n) is 16.7. The third-order valence-corrected chi connectivity index (χ3v) is 6.24. The lowest BCUT2D eigenvalue weighted by atomic mass is 9.79. The summed E-state index contributed by atoms with van der Waals surface area (Å²) in [5.41, 5.74) is 1.88. The van der Waals surface area contributed by atoms with E-state index in [2.05, 4.69) is 5.32 Å². The molecule has 0 aromatic heterocycles. The summed E-state index contributed by atoms with van der Waals surface area (Å²) in [6.07, 6.45) is -0.0757. The summed E-state index contributed by atoms with van der Waals surface area (Å²) in [4.78, 5) is 12.7. The van der Waals surface area contributed by atoms with Crippen LogP contribution < -0.4 is 10.5 Å². The number of carbonyl (C=O) groups is 1. The number of nitrogens with two attached hydrogens (primary N) is 1. The summed E-state index contributed by atoms with van der Waals surface area (Å²) in [6, 6.07) is 12.7. The van der Waals surface area contributed by atoms with Gasteiger partial charge in [0.25, 0.3) is 5.91 Å². The van der Waals surface area contributed by atoms with E-state index < -0.39 is 27.4 Å². The van der Waals surface area contributed by atoms with Crippen molar-refractivity contribution in [2.75, 3.05) is 6.54 Å². The largest absolute Gasteiger partial charge is 0.393 e. The number of primary sulfonamides is 1. The van der Waals surface area contributed by atoms with Crippen molar-refractivity contribution in [2.24, 2.45) is 10.6 Å².